The lowest BCUT2D eigenvalue weighted by atomic mass is 9.88. The Hall–Kier alpha value is -2.06. The molecule has 0 aliphatic carbocycles. The summed E-state index contributed by atoms with van der Waals surface area (Å²) in [6, 6.07) is 11.7. The quantitative estimate of drug-likeness (QED) is 0.454. The number of rotatable bonds is 5. The lowest BCUT2D eigenvalue weighted by molar-refractivity contribution is -0.0516. The molecule has 0 bridgehead atoms. The van der Waals surface area contributed by atoms with Crippen LogP contribution < -0.4 is 4.74 Å². The van der Waals surface area contributed by atoms with E-state index in [4.69, 9.17) is 4.74 Å². The minimum atomic E-state index is -3.02. The van der Waals surface area contributed by atoms with Gasteiger partial charge < -0.3 is 9.72 Å². The maximum Gasteiger partial charge on any atom is 0.387 e. The molecule has 0 radical (unpaired) electrons. The SMILES string of the molecule is C[C@@H]1Cc2c([nH]c3ccccc23)[C@@H](c2ccc(Br)cc2OC(F)F)N1CC(F)F. The van der Waals surface area contributed by atoms with Crippen LogP contribution in [0.5, 0.6) is 5.75 Å². The first kappa shape index (κ1) is 20.2. The van der Waals surface area contributed by atoms with E-state index in [0.717, 1.165) is 22.2 Å². The van der Waals surface area contributed by atoms with Crippen molar-refractivity contribution in [3.05, 3.63) is 63.8 Å². The predicted octanol–water partition coefficient (Wildman–Crippen LogP) is 6.13. The molecule has 0 amide bonds. The Labute approximate surface area is 173 Å². The van der Waals surface area contributed by atoms with Gasteiger partial charge in [0.05, 0.1) is 12.6 Å². The summed E-state index contributed by atoms with van der Waals surface area (Å²) < 4.78 is 58.3. The number of ether oxygens (including phenoxy) is 1. The number of aromatic nitrogens is 1. The highest BCUT2D eigenvalue weighted by molar-refractivity contribution is 9.10. The third-order valence-corrected chi connectivity index (χ3v) is 5.85. The van der Waals surface area contributed by atoms with Gasteiger partial charge in [-0.1, -0.05) is 40.2 Å². The average Bonchev–Trinajstić information content (AvgIpc) is 3.00. The van der Waals surface area contributed by atoms with Gasteiger partial charge in [-0.3, -0.25) is 4.90 Å². The molecule has 0 fully saturated rings. The zero-order chi connectivity index (χ0) is 20.7. The molecular formula is C21H19BrF4N2O. The Morgan fingerprint density at radius 3 is 2.66 bits per heavy atom. The Kier molecular flexibility index (Phi) is 5.57. The number of fused-ring (bicyclic) bond motifs is 3. The van der Waals surface area contributed by atoms with Gasteiger partial charge in [-0.25, -0.2) is 8.78 Å². The van der Waals surface area contributed by atoms with Gasteiger partial charge in [0.2, 0.25) is 0 Å². The molecule has 2 atom stereocenters. The molecule has 0 saturated heterocycles. The molecule has 8 heteroatoms. The van der Waals surface area contributed by atoms with Crippen molar-refractivity contribution in [3.8, 4) is 5.75 Å². The summed E-state index contributed by atoms with van der Waals surface area (Å²) >= 11 is 3.27. The molecule has 1 aliphatic heterocycles. The lowest BCUT2D eigenvalue weighted by Gasteiger charge is -2.41. The summed E-state index contributed by atoms with van der Waals surface area (Å²) in [6.45, 7) is -1.60. The molecule has 2 aromatic carbocycles. The van der Waals surface area contributed by atoms with Crippen molar-refractivity contribution in [1.29, 1.82) is 0 Å². The van der Waals surface area contributed by atoms with Crippen molar-refractivity contribution in [2.45, 2.75) is 38.5 Å². The summed E-state index contributed by atoms with van der Waals surface area (Å²) in [5.74, 6) is -0.0302. The van der Waals surface area contributed by atoms with Crippen LogP contribution >= 0.6 is 15.9 Å². The minimum absolute atomic E-state index is 0.0302. The molecule has 1 N–H and O–H groups in total. The number of hydrogen-bond donors (Lipinski definition) is 1. The van der Waals surface area contributed by atoms with E-state index >= 15 is 0 Å². The number of para-hydroxylation sites is 1. The molecule has 0 saturated carbocycles. The molecule has 29 heavy (non-hydrogen) atoms. The van der Waals surface area contributed by atoms with Gasteiger partial charge in [0, 0.05) is 32.7 Å². The summed E-state index contributed by atoms with van der Waals surface area (Å²) in [6.07, 6.45) is -1.97. The van der Waals surface area contributed by atoms with Crippen molar-refractivity contribution in [2.75, 3.05) is 6.54 Å². The molecule has 0 unspecified atom stereocenters. The second kappa shape index (κ2) is 7.99. The number of halogens is 5. The van der Waals surface area contributed by atoms with Gasteiger partial charge in [-0.15, -0.1) is 0 Å². The Balaban J connectivity index is 1.93. The van der Waals surface area contributed by atoms with Crippen molar-refractivity contribution in [1.82, 2.24) is 9.88 Å². The number of alkyl halides is 4. The number of H-pyrrole nitrogens is 1. The molecule has 4 rings (SSSR count). The second-order valence-electron chi connectivity index (χ2n) is 7.17. The van der Waals surface area contributed by atoms with E-state index in [-0.39, 0.29) is 11.8 Å². The van der Waals surface area contributed by atoms with E-state index in [9.17, 15) is 17.6 Å². The van der Waals surface area contributed by atoms with Gasteiger partial charge in [0.15, 0.2) is 0 Å². The van der Waals surface area contributed by atoms with Gasteiger partial charge >= 0.3 is 6.61 Å². The summed E-state index contributed by atoms with van der Waals surface area (Å²) in [5, 5.41) is 1.02. The fraction of sp³-hybridized carbons (Fsp3) is 0.333. The van der Waals surface area contributed by atoms with Crippen LogP contribution in [-0.4, -0.2) is 35.5 Å². The maximum atomic E-state index is 13.4. The summed E-state index contributed by atoms with van der Waals surface area (Å²) in [4.78, 5) is 5.00. The van der Waals surface area contributed by atoms with E-state index in [1.165, 1.54) is 6.07 Å². The van der Waals surface area contributed by atoms with Crippen LogP contribution in [0, 0.1) is 0 Å². The molecule has 3 aromatic rings. The number of nitrogens with one attached hydrogen (secondary N) is 1. The molecule has 1 aromatic heterocycles. The third kappa shape index (κ3) is 3.88. The van der Waals surface area contributed by atoms with Crippen LogP contribution in [-0.2, 0) is 6.42 Å². The second-order valence-corrected chi connectivity index (χ2v) is 8.08. The van der Waals surface area contributed by atoms with Gasteiger partial charge in [-0.05, 0) is 37.1 Å². The normalized spacial score (nSPS) is 19.9. The largest absolute Gasteiger partial charge is 0.434 e. The van der Waals surface area contributed by atoms with Crippen molar-refractivity contribution < 1.29 is 22.3 Å². The van der Waals surface area contributed by atoms with Crippen LogP contribution in [0.25, 0.3) is 10.9 Å². The fourth-order valence-corrected chi connectivity index (χ4v) is 4.56. The topological polar surface area (TPSA) is 28.3 Å². The Bertz CT molecular complexity index is 1020. The molecular weight excluding hydrogens is 452 g/mol. The van der Waals surface area contributed by atoms with Crippen LogP contribution in [0.15, 0.2) is 46.9 Å². The molecule has 0 spiro atoms. The number of aromatic amines is 1. The standard InChI is InChI=1S/C21H19BrF4N2O/c1-11-8-15-13-4-2-3-5-16(13)27-19(15)20(28(11)10-18(23)24)14-7-6-12(22)9-17(14)29-21(25)26/h2-7,9,11,18,20-21,27H,8,10H2,1H3/t11-,20-/m1/s1. The van der Waals surface area contributed by atoms with Crippen molar-refractivity contribution in [2.24, 2.45) is 0 Å². The zero-order valence-electron chi connectivity index (χ0n) is 15.5. The fourth-order valence-electron chi connectivity index (χ4n) is 4.22. The predicted molar refractivity (Wildman–Crippen MR) is 107 cm³/mol. The first-order valence-corrected chi connectivity index (χ1v) is 10.0. The van der Waals surface area contributed by atoms with Gasteiger partial charge in [0.1, 0.15) is 5.75 Å². The number of benzene rings is 2. The first-order chi connectivity index (χ1) is 13.8. The summed E-state index contributed by atoms with van der Waals surface area (Å²) in [7, 11) is 0. The molecule has 154 valence electrons. The third-order valence-electron chi connectivity index (χ3n) is 5.35. The number of hydrogen-bond acceptors (Lipinski definition) is 2. The lowest BCUT2D eigenvalue weighted by Crippen LogP contribution is -2.45. The molecule has 1 aliphatic rings. The minimum Gasteiger partial charge on any atom is -0.434 e. The highest BCUT2D eigenvalue weighted by atomic mass is 79.9. The van der Waals surface area contributed by atoms with Crippen LogP contribution in [0.4, 0.5) is 17.6 Å². The smallest absolute Gasteiger partial charge is 0.387 e. The highest BCUT2D eigenvalue weighted by Crippen LogP contribution is 2.44. The Morgan fingerprint density at radius 2 is 1.93 bits per heavy atom. The van der Waals surface area contributed by atoms with Crippen LogP contribution in [0.3, 0.4) is 0 Å². The molecule has 2 heterocycles. The van der Waals surface area contributed by atoms with Crippen molar-refractivity contribution >= 4 is 26.8 Å². The van der Waals surface area contributed by atoms with Gasteiger partial charge in [0.25, 0.3) is 6.43 Å². The first-order valence-electron chi connectivity index (χ1n) is 9.22. The van der Waals surface area contributed by atoms with Crippen LogP contribution in [0.1, 0.15) is 29.8 Å². The molecule has 3 nitrogen and oxygen atoms in total. The monoisotopic (exact) mass is 470 g/mol. The van der Waals surface area contributed by atoms with E-state index in [1.807, 2.05) is 31.2 Å². The van der Waals surface area contributed by atoms with Crippen LogP contribution in [0.2, 0.25) is 0 Å². The van der Waals surface area contributed by atoms with E-state index in [0.29, 0.717) is 16.5 Å². The highest BCUT2D eigenvalue weighted by Gasteiger charge is 2.38. The zero-order valence-corrected chi connectivity index (χ0v) is 17.1. The summed E-state index contributed by atoms with van der Waals surface area (Å²) in [5.41, 5.74) is 3.08. The average molecular weight is 471 g/mol. The Morgan fingerprint density at radius 1 is 1.17 bits per heavy atom. The van der Waals surface area contributed by atoms with Crippen molar-refractivity contribution in [3.63, 3.8) is 0 Å². The van der Waals surface area contributed by atoms with E-state index in [2.05, 4.69) is 20.9 Å². The maximum absolute atomic E-state index is 13.4. The van der Waals surface area contributed by atoms with E-state index in [1.54, 1.807) is 17.0 Å². The van der Waals surface area contributed by atoms with Gasteiger partial charge in [-0.2, -0.15) is 8.78 Å². The van der Waals surface area contributed by atoms with E-state index < -0.39 is 25.6 Å². The number of nitrogens with zero attached hydrogens (tertiary/aromatic N) is 1.